The Bertz CT molecular complexity index is 388. The van der Waals surface area contributed by atoms with E-state index < -0.39 is 0 Å². The summed E-state index contributed by atoms with van der Waals surface area (Å²) in [5.41, 5.74) is 2.43. The standard InChI is InChI=1S/C11H16N4/c1-2-15-9-10(7-14-15)6-12-8-11-4-3-5-13-11/h3-5,7,9,12-13H,2,6,8H2,1H3. The van der Waals surface area contributed by atoms with E-state index >= 15 is 0 Å². The molecule has 2 rings (SSSR count). The van der Waals surface area contributed by atoms with E-state index in [2.05, 4.69) is 34.6 Å². The van der Waals surface area contributed by atoms with Gasteiger partial charge in [-0.05, 0) is 19.1 Å². The molecule has 0 aliphatic carbocycles. The first-order chi connectivity index (χ1) is 7.38. The number of hydrogen-bond acceptors (Lipinski definition) is 2. The summed E-state index contributed by atoms with van der Waals surface area (Å²) in [5.74, 6) is 0. The normalized spacial score (nSPS) is 10.7. The fourth-order valence-corrected chi connectivity index (χ4v) is 1.49. The Labute approximate surface area is 89.3 Å². The van der Waals surface area contributed by atoms with E-state index in [0.717, 1.165) is 19.6 Å². The maximum atomic E-state index is 4.22. The van der Waals surface area contributed by atoms with Gasteiger partial charge in [-0.2, -0.15) is 5.10 Å². The van der Waals surface area contributed by atoms with Gasteiger partial charge in [0.25, 0.3) is 0 Å². The minimum absolute atomic E-state index is 0.860. The maximum Gasteiger partial charge on any atom is 0.0534 e. The van der Waals surface area contributed by atoms with E-state index in [4.69, 9.17) is 0 Å². The first kappa shape index (κ1) is 9.98. The fourth-order valence-electron chi connectivity index (χ4n) is 1.49. The molecule has 0 fully saturated rings. The van der Waals surface area contributed by atoms with Crippen molar-refractivity contribution in [2.45, 2.75) is 26.6 Å². The average molecular weight is 204 g/mol. The molecule has 0 saturated heterocycles. The van der Waals surface area contributed by atoms with Gasteiger partial charge < -0.3 is 10.3 Å². The smallest absolute Gasteiger partial charge is 0.0534 e. The van der Waals surface area contributed by atoms with Crippen molar-refractivity contribution in [3.63, 3.8) is 0 Å². The lowest BCUT2D eigenvalue weighted by Gasteiger charge is -2.00. The molecule has 2 aromatic heterocycles. The van der Waals surface area contributed by atoms with Crippen LogP contribution < -0.4 is 5.32 Å². The van der Waals surface area contributed by atoms with Crippen molar-refractivity contribution in [3.8, 4) is 0 Å². The summed E-state index contributed by atoms with van der Waals surface area (Å²) in [6.45, 7) is 4.74. The van der Waals surface area contributed by atoms with Crippen LogP contribution in [0.15, 0.2) is 30.7 Å². The third-order valence-electron chi connectivity index (χ3n) is 2.32. The van der Waals surface area contributed by atoms with Gasteiger partial charge in [0.2, 0.25) is 0 Å². The van der Waals surface area contributed by atoms with Crippen molar-refractivity contribution in [2.75, 3.05) is 0 Å². The molecule has 0 aliphatic rings. The van der Waals surface area contributed by atoms with Crippen molar-refractivity contribution in [1.82, 2.24) is 20.1 Å². The lowest BCUT2D eigenvalue weighted by Crippen LogP contribution is -2.12. The number of aromatic nitrogens is 3. The maximum absolute atomic E-state index is 4.22. The number of nitrogens with one attached hydrogen (secondary N) is 2. The Morgan fingerprint density at radius 3 is 3.07 bits per heavy atom. The van der Waals surface area contributed by atoms with Crippen LogP contribution in [0.2, 0.25) is 0 Å². The van der Waals surface area contributed by atoms with Crippen molar-refractivity contribution in [1.29, 1.82) is 0 Å². The zero-order valence-corrected chi connectivity index (χ0v) is 8.90. The molecule has 0 aliphatic heterocycles. The number of aryl methyl sites for hydroxylation is 1. The average Bonchev–Trinajstić information content (AvgIpc) is 2.88. The van der Waals surface area contributed by atoms with Crippen molar-refractivity contribution in [2.24, 2.45) is 0 Å². The molecule has 2 aromatic rings. The summed E-state index contributed by atoms with van der Waals surface area (Å²) >= 11 is 0. The highest BCUT2D eigenvalue weighted by Gasteiger charge is 1.97. The zero-order valence-electron chi connectivity index (χ0n) is 8.90. The molecule has 15 heavy (non-hydrogen) atoms. The lowest BCUT2D eigenvalue weighted by atomic mass is 10.3. The second-order valence-electron chi connectivity index (χ2n) is 3.50. The van der Waals surface area contributed by atoms with Gasteiger partial charge in [0, 0.05) is 43.3 Å². The van der Waals surface area contributed by atoms with Crippen LogP contribution in [0.4, 0.5) is 0 Å². The van der Waals surface area contributed by atoms with Crippen LogP contribution in [0, 0.1) is 0 Å². The van der Waals surface area contributed by atoms with Crippen LogP contribution in [0.5, 0.6) is 0 Å². The molecular weight excluding hydrogens is 188 g/mol. The van der Waals surface area contributed by atoms with Crippen molar-refractivity contribution in [3.05, 3.63) is 42.0 Å². The van der Waals surface area contributed by atoms with E-state index in [-0.39, 0.29) is 0 Å². The molecular formula is C11H16N4. The SMILES string of the molecule is CCn1cc(CNCc2ccc[nH]2)cn1. The Hall–Kier alpha value is -1.55. The quantitative estimate of drug-likeness (QED) is 0.775. The molecule has 2 heterocycles. The zero-order chi connectivity index (χ0) is 10.5. The molecule has 0 amide bonds. The van der Waals surface area contributed by atoms with Crippen LogP contribution in [0.3, 0.4) is 0 Å². The van der Waals surface area contributed by atoms with Crippen LogP contribution >= 0.6 is 0 Å². The molecule has 80 valence electrons. The first-order valence-corrected chi connectivity index (χ1v) is 5.23. The largest absolute Gasteiger partial charge is 0.364 e. The van der Waals surface area contributed by atoms with Gasteiger partial charge in [-0.15, -0.1) is 0 Å². The molecule has 4 nitrogen and oxygen atoms in total. The molecule has 4 heteroatoms. The highest BCUT2D eigenvalue weighted by Crippen LogP contribution is 1.98. The second kappa shape index (κ2) is 4.79. The van der Waals surface area contributed by atoms with E-state index in [0.29, 0.717) is 0 Å². The predicted molar refractivity (Wildman–Crippen MR) is 59.2 cm³/mol. The molecule has 2 N–H and O–H groups in total. The predicted octanol–water partition coefficient (Wildman–Crippen LogP) is 1.52. The summed E-state index contributed by atoms with van der Waals surface area (Å²) in [7, 11) is 0. The summed E-state index contributed by atoms with van der Waals surface area (Å²) in [5, 5.41) is 7.58. The summed E-state index contributed by atoms with van der Waals surface area (Å²) in [6, 6.07) is 4.08. The Morgan fingerprint density at radius 1 is 1.47 bits per heavy atom. The van der Waals surface area contributed by atoms with E-state index in [1.165, 1.54) is 11.3 Å². The minimum Gasteiger partial charge on any atom is -0.364 e. The molecule has 0 bridgehead atoms. The molecule has 0 radical (unpaired) electrons. The summed E-state index contributed by atoms with van der Waals surface area (Å²) < 4.78 is 1.94. The van der Waals surface area contributed by atoms with Crippen LogP contribution in [-0.2, 0) is 19.6 Å². The van der Waals surface area contributed by atoms with Gasteiger partial charge in [-0.1, -0.05) is 0 Å². The Balaban J connectivity index is 1.78. The molecule has 0 aromatic carbocycles. The van der Waals surface area contributed by atoms with Gasteiger partial charge in [0.1, 0.15) is 0 Å². The van der Waals surface area contributed by atoms with Crippen LogP contribution in [0.25, 0.3) is 0 Å². The van der Waals surface area contributed by atoms with E-state index in [1.807, 2.05) is 23.1 Å². The molecule has 0 saturated carbocycles. The third-order valence-corrected chi connectivity index (χ3v) is 2.32. The topological polar surface area (TPSA) is 45.6 Å². The van der Waals surface area contributed by atoms with Crippen LogP contribution in [-0.4, -0.2) is 14.8 Å². The highest BCUT2D eigenvalue weighted by atomic mass is 15.3. The second-order valence-corrected chi connectivity index (χ2v) is 3.50. The first-order valence-electron chi connectivity index (χ1n) is 5.23. The summed E-state index contributed by atoms with van der Waals surface area (Å²) in [4.78, 5) is 3.16. The number of hydrogen-bond donors (Lipinski definition) is 2. The van der Waals surface area contributed by atoms with E-state index in [9.17, 15) is 0 Å². The number of aromatic amines is 1. The summed E-state index contributed by atoms with van der Waals surface area (Å²) in [6.07, 6.45) is 5.92. The van der Waals surface area contributed by atoms with Crippen molar-refractivity contribution >= 4 is 0 Å². The number of nitrogens with zero attached hydrogens (tertiary/aromatic N) is 2. The molecule has 0 unspecified atom stereocenters. The van der Waals surface area contributed by atoms with Crippen molar-refractivity contribution < 1.29 is 0 Å². The molecule has 0 spiro atoms. The Morgan fingerprint density at radius 2 is 2.40 bits per heavy atom. The Kier molecular flexibility index (Phi) is 3.19. The van der Waals surface area contributed by atoms with Gasteiger partial charge in [-0.3, -0.25) is 4.68 Å². The van der Waals surface area contributed by atoms with Gasteiger partial charge >= 0.3 is 0 Å². The fraction of sp³-hybridized carbons (Fsp3) is 0.364. The number of H-pyrrole nitrogens is 1. The molecule has 0 atom stereocenters. The van der Waals surface area contributed by atoms with Gasteiger partial charge in [0.05, 0.1) is 6.20 Å². The highest BCUT2D eigenvalue weighted by molar-refractivity contribution is 5.05. The monoisotopic (exact) mass is 204 g/mol. The van der Waals surface area contributed by atoms with Crippen LogP contribution in [0.1, 0.15) is 18.2 Å². The number of rotatable bonds is 5. The van der Waals surface area contributed by atoms with E-state index in [1.54, 1.807) is 0 Å². The van der Waals surface area contributed by atoms with Gasteiger partial charge in [0.15, 0.2) is 0 Å². The minimum atomic E-state index is 0.860. The van der Waals surface area contributed by atoms with Gasteiger partial charge in [-0.25, -0.2) is 0 Å². The third kappa shape index (κ3) is 2.70. The lowest BCUT2D eigenvalue weighted by molar-refractivity contribution is 0.654.